The van der Waals surface area contributed by atoms with Gasteiger partial charge in [-0.2, -0.15) is 0 Å². The van der Waals surface area contributed by atoms with Gasteiger partial charge in [0.2, 0.25) is 0 Å². The molecule has 2 heteroatoms. The highest BCUT2D eigenvalue weighted by atomic mass is 15.0. The van der Waals surface area contributed by atoms with Crippen molar-refractivity contribution >= 4 is 43.6 Å². The minimum absolute atomic E-state index is 0.00462. The summed E-state index contributed by atoms with van der Waals surface area (Å²) in [6.45, 7) is 4.69. The molecule has 0 unspecified atom stereocenters. The molecule has 0 atom stereocenters. The highest BCUT2D eigenvalue weighted by molar-refractivity contribution is 6.19. The Kier molecular flexibility index (Phi) is 6.33. The highest BCUT2D eigenvalue weighted by Gasteiger charge is 2.35. The number of nitrogens with zero attached hydrogens (tertiary/aromatic N) is 2. The maximum Gasteiger partial charge on any atom is 0.0548 e. The molecule has 0 amide bonds. The zero-order valence-corrected chi connectivity index (χ0v) is 29.7. The van der Waals surface area contributed by atoms with Crippen LogP contribution in [0.25, 0.3) is 88.4 Å². The van der Waals surface area contributed by atoms with E-state index in [2.05, 4.69) is 205 Å². The van der Waals surface area contributed by atoms with Crippen molar-refractivity contribution < 1.29 is 0 Å². The van der Waals surface area contributed by atoms with Crippen LogP contribution >= 0.6 is 0 Å². The molecular formula is C51H36N2. The van der Waals surface area contributed by atoms with Crippen molar-refractivity contribution in [3.05, 3.63) is 193 Å². The molecule has 0 aliphatic heterocycles. The molecule has 2 heterocycles. The smallest absolute Gasteiger partial charge is 0.0548 e. The summed E-state index contributed by atoms with van der Waals surface area (Å²) in [5, 5.41) is 5.01. The first-order valence-corrected chi connectivity index (χ1v) is 18.5. The van der Waals surface area contributed by atoms with Gasteiger partial charge < -0.3 is 9.13 Å². The van der Waals surface area contributed by atoms with Gasteiger partial charge in [0, 0.05) is 38.3 Å². The van der Waals surface area contributed by atoms with E-state index >= 15 is 0 Å². The molecule has 8 aromatic carbocycles. The van der Waals surface area contributed by atoms with Crippen molar-refractivity contribution in [1.82, 2.24) is 9.13 Å². The van der Waals surface area contributed by atoms with Gasteiger partial charge in [-0.05, 0) is 99.1 Å². The summed E-state index contributed by atoms with van der Waals surface area (Å²) in [5.74, 6) is 0. The number of benzene rings is 8. The van der Waals surface area contributed by atoms with Gasteiger partial charge in [-0.1, -0.05) is 141 Å². The van der Waals surface area contributed by atoms with E-state index in [1.54, 1.807) is 0 Å². The molecular weight excluding hydrogens is 641 g/mol. The normalized spacial score (nSPS) is 13.2. The van der Waals surface area contributed by atoms with Crippen molar-refractivity contribution in [2.45, 2.75) is 19.3 Å². The quantitative estimate of drug-likeness (QED) is 0.176. The second kappa shape index (κ2) is 11.2. The van der Waals surface area contributed by atoms with Crippen LogP contribution in [-0.4, -0.2) is 9.13 Å². The van der Waals surface area contributed by atoms with E-state index in [1.165, 1.54) is 88.1 Å². The van der Waals surface area contributed by atoms with Gasteiger partial charge in [-0.3, -0.25) is 0 Å². The average molecular weight is 677 g/mol. The Morgan fingerprint density at radius 2 is 0.849 bits per heavy atom. The third-order valence-corrected chi connectivity index (χ3v) is 11.7. The topological polar surface area (TPSA) is 9.86 Å². The molecule has 2 aromatic heterocycles. The van der Waals surface area contributed by atoms with Crippen LogP contribution < -0.4 is 0 Å². The summed E-state index contributed by atoms with van der Waals surface area (Å²) in [7, 11) is 0. The molecule has 0 N–H and O–H groups in total. The third-order valence-electron chi connectivity index (χ3n) is 11.7. The predicted octanol–water partition coefficient (Wildman–Crippen LogP) is 13.5. The maximum atomic E-state index is 2.46. The predicted molar refractivity (Wildman–Crippen MR) is 224 cm³/mol. The Morgan fingerprint density at radius 1 is 0.321 bits per heavy atom. The number of hydrogen-bond donors (Lipinski definition) is 0. The Hall–Kier alpha value is -6.64. The van der Waals surface area contributed by atoms with Crippen LogP contribution in [0.4, 0.5) is 0 Å². The molecule has 0 bridgehead atoms. The monoisotopic (exact) mass is 676 g/mol. The van der Waals surface area contributed by atoms with Crippen LogP contribution in [0.15, 0.2) is 182 Å². The first-order chi connectivity index (χ1) is 26.0. The van der Waals surface area contributed by atoms with E-state index in [1.807, 2.05) is 0 Å². The SMILES string of the molecule is CC1(C)c2ccccc2-c2cc(-c3cccc(-n4c5ccccc5c5cc6c(cc54)c4ccccc4n6-c4ccc(-c5ccccc5)cc4)c3)ccc21. The number of fused-ring (bicyclic) bond motifs is 9. The molecule has 0 saturated heterocycles. The second-order valence-corrected chi connectivity index (χ2v) is 15.0. The van der Waals surface area contributed by atoms with Gasteiger partial charge in [0.1, 0.15) is 0 Å². The summed E-state index contributed by atoms with van der Waals surface area (Å²) in [6.07, 6.45) is 0. The molecule has 250 valence electrons. The number of para-hydroxylation sites is 2. The molecule has 53 heavy (non-hydrogen) atoms. The summed E-state index contributed by atoms with van der Waals surface area (Å²) in [5.41, 5.74) is 17.6. The fourth-order valence-electron chi connectivity index (χ4n) is 9.14. The van der Waals surface area contributed by atoms with E-state index in [4.69, 9.17) is 0 Å². The van der Waals surface area contributed by atoms with Crippen molar-refractivity contribution in [2.75, 3.05) is 0 Å². The van der Waals surface area contributed by atoms with Crippen LogP contribution in [0.5, 0.6) is 0 Å². The summed E-state index contributed by atoms with van der Waals surface area (Å²) >= 11 is 0. The fourth-order valence-corrected chi connectivity index (χ4v) is 9.14. The van der Waals surface area contributed by atoms with Gasteiger partial charge in [0.15, 0.2) is 0 Å². The van der Waals surface area contributed by atoms with Crippen LogP contribution in [0, 0.1) is 0 Å². The van der Waals surface area contributed by atoms with Crippen LogP contribution in [0.3, 0.4) is 0 Å². The number of rotatable bonds is 4. The zero-order valence-electron chi connectivity index (χ0n) is 29.7. The van der Waals surface area contributed by atoms with Crippen molar-refractivity contribution in [3.63, 3.8) is 0 Å². The fraction of sp³-hybridized carbons (Fsp3) is 0.0588. The average Bonchev–Trinajstić information content (AvgIpc) is 3.80. The Balaban J connectivity index is 1.10. The van der Waals surface area contributed by atoms with E-state index in [9.17, 15) is 0 Å². The van der Waals surface area contributed by atoms with E-state index in [0.717, 1.165) is 11.4 Å². The molecule has 0 saturated carbocycles. The molecule has 0 fully saturated rings. The third kappa shape index (κ3) is 4.39. The lowest BCUT2D eigenvalue weighted by Gasteiger charge is -2.21. The Labute approximate surface area is 308 Å². The molecule has 11 rings (SSSR count). The first-order valence-electron chi connectivity index (χ1n) is 18.5. The Bertz CT molecular complexity index is 3060. The largest absolute Gasteiger partial charge is 0.309 e. The second-order valence-electron chi connectivity index (χ2n) is 15.0. The highest BCUT2D eigenvalue weighted by Crippen LogP contribution is 2.49. The number of aromatic nitrogens is 2. The van der Waals surface area contributed by atoms with Crippen molar-refractivity contribution in [1.29, 1.82) is 0 Å². The summed E-state index contributed by atoms with van der Waals surface area (Å²) in [4.78, 5) is 0. The molecule has 0 spiro atoms. The van der Waals surface area contributed by atoms with Gasteiger partial charge in [-0.15, -0.1) is 0 Å². The van der Waals surface area contributed by atoms with E-state index in [0.29, 0.717) is 0 Å². The van der Waals surface area contributed by atoms with Crippen molar-refractivity contribution in [3.8, 4) is 44.8 Å². The Morgan fingerprint density at radius 3 is 1.57 bits per heavy atom. The van der Waals surface area contributed by atoms with Crippen molar-refractivity contribution in [2.24, 2.45) is 0 Å². The molecule has 1 aliphatic rings. The van der Waals surface area contributed by atoms with E-state index < -0.39 is 0 Å². The lowest BCUT2D eigenvalue weighted by molar-refractivity contribution is 0.660. The minimum atomic E-state index is -0.00462. The van der Waals surface area contributed by atoms with Crippen LogP contribution in [0.1, 0.15) is 25.0 Å². The molecule has 1 aliphatic carbocycles. The lowest BCUT2D eigenvalue weighted by Crippen LogP contribution is -2.14. The van der Waals surface area contributed by atoms with Gasteiger partial charge in [-0.25, -0.2) is 0 Å². The minimum Gasteiger partial charge on any atom is -0.309 e. The van der Waals surface area contributed by atoms with Crippen LogP contribution in [-0.2, 0) is 5.41 Å². The lowest BCUT2D eigenvalue weighted by atomic mass is 9.82. The zero-order chi connectivity index (χ0) is 35.3. The first kappa shape index (κ1) is 30.0. The molecule has 2 nitrogen and oxygen atoms in total. The summed E-state index contributed by atoms with van der Waals surface area (Å²) in [6, 6.07) is 67.1. The van der Waals surface area contributed by atoms with Gasteiger partial charge in [0.25, 0.3) is 0 Å². The summed E-state index contributed by atoms with van der Waals surface area (Å²) < 4.78 is 4.89. The maximum absolute atomic E-state index is 2.46. The van der Waals surface area contributed by atoms with Crippen LogP contribution in [0.2, 0.25) is 0 Å². The molecule has 0 radical (unpaired) electrons. The van der Waals surface area contributed by atoms with Gasteiger partial charge >= 0.3 is 0 Å². The van der Waals surface area contributed by atoms with E-state index in [-0.39, 0.29) is 5.41 Å². The van der Waals surface area contributed by atoms with Gasteiger partial charge in [0.05, 0.1) is 22.1 Å². The molecule has 10 aromatic rings. The standard InChI is InChI=1S/C51H36N2/c1-51(2)45-20-9-6-17-39(45)42-30-36(25-28-46(42)51)35-15-12-16-38(29-35)53-48-22-11-8-19-41(48)44-31-49-43(32-50(44)53)40-18-7-10-21-47(40)52(49)37-26-23-34(24-27-37)33-13-4-3-5-14-33/h3-32H,1-2H3. The number of hydrogen-bond acceptors (Lipinski definition) is 0.